The number of ether oxygens (including phenoxy) is 1. The molecule has 1 aliphatic heterocycles. The van der Waals surface area contributed by atoms with E-state index in [4.69, 9.17) is 10.5 Å². The highest BCUT2D eigenvalue weighted by Gasteiger charge is 2.42. The molecule has 1 spiro atoms. The van der Waals surface area contributed by atoms with Gasteiger partial charge in [-0.05, 0) is 45.6 Å². The van der Waals surface area contributed by atoms with E-state index in [2.05, 4.69) is 25.7 Å². The van der Waals surface area contributed by atoms with Crippen molar-refractivity contribution in [3.05, 3.63) is 0 Å². The van der Waals surface area contributed by atoms with E-state index in [1.54, 1.807) is 0 Å². The van der Waals surface area contributed by atoms with E-state index < -0.39 is 0 Å². The Morgan fingerprint density at radius 3 is 2.45 bits per heavy atom. The Hall–Kier alpha value is -0.120. The average molecular weight is 282 g/mol. The molecule has 1 saturated heterocycles. The molecule has 2 rings (SSSR count). The van der Waals surface area contributed by atoms with Crippen molar-refractivity contribution in [2.24, 2.45) is 5.73 Å². The van der Waals surface area contributed by atoms with Gasteiger partial charge in [-0.1, -0.05) is 33.1 Å². The largest absolute Gasteiger partial charge is 0.370 e. The molecular weight excluding hydrogens is 248 g/mol. The Morgan fingerprint density at radius 2 is 1.90 bits per heavy atom. The van der Waals surface area contributed by atoms with Crippen LogP contribution < -0.4 is 5.73 Å². The molecule has 20 heavy (non-hydrogen) atoms. The van der Waals surface area contributed by atoms with Crippen molar-refractivity contribution in [1.29, 1.82) is 0 Å². The molecular formula is C17H34N2O. The van der Waals surface area contributed by atoms with Crippen LogP contribution in [0.5, 0.6) is 0 Å². The van der Waals surface area contributed by atoms with E-state index in [0.29, 0.717) is 6.10 Å². The summed E-state index contributed by atoms with van der Waals surface area (Å²) < 4.78 is 6.52. The van der Waals surface area contributed by atoms with E-state index in [1.165, 1.54) is 44.9 Å². The van der Waals surface area contributed by atoms with E-state index in [-0.39, 0.29) is 11.1 Å². The average Bonchev–Trinajstić information content (AvgIpc) is 2.87. The van der Waals surface area contributed by atoms with Crippen molar-refractivity contribution in [2.45, 2.75) is 89.4 Å². The molecule has 0 bridgehead atoms. The van der Waals surface area contributed by atoms with Crippen molar-refractivity contribution >= 4 is 0 Å². The summed E-state index contributed by atoms with van der Waals surface area (Å²) in [5.74, 6) is 0. The maximum atomic E-state index is 6.52. The second-order valence-electron chi connectivity index (χ2n) is 7.12. The predicted molar refractivity (Wildman–Crippen MR) is 84.9 cm³/mol. The fourth-order valence-electron chi connectivity index (χ4n) is 4.06. The summed E-state index contributed by atoms with van der Waals surface area (Å²) in [6.45, 7) is 9.63. The normalized spacial score (nSPS) is 28.9. The van der Waals surface area contributed by atoms with Crippen LogP contribution in [0.25, 0.3) is 0 Å². The molecule has 0 radical (unpaired) electrons. The monoisotopic (exact) mass is 282 g/mol. The van der Waals surface area contributed by atoms with Crippen LogP contribution in [0.3, 0.4) is 0 Å². The first kappa shape index (κ1) is 16.3. The van der Waals surface area contributed by atoms with Gasteiger partial charge in [0, 0.05) is 18.6 Å². The fraction of sp³-hybridized carbons (Fsp3) is 1.00. The summed E-state index contributed by atoms with van der Waals surface area (Å²) in [7, 11) is 0. The lowest BCUT2D eigenvalue weighted by molar-refractivity contribution is -0.0795. The summed E-state index contributed by atoms with van der Waals surface area (Å²) in [6.07, 6.45) is 10.7. The second-order valence-corrected chi connectivity index (χ2v) is 7.12. The lowest BCUT2D eigenvalue weighted by Gasteiger charge is -2.41. The smallest absolute Gasteiger partial charge is 0.0710 e. The van der Waals surface area contributed by atoms with Crippen LogP contribution in [0, 0.1) is 0 Å². The molecule has 1 heterocycles. The third kappa shape index (κ3) is 3.37. The Morgan fingerprint density at radius 1 is 1.20 bits per heavy atom. The maximum Gasteiger partial charge on any atom is 0.0710 e. The zero-order valence-corrected chi connectivity index (χ0v) is 13.8. The molecule has 118 valence electrons. The van der Waals surface area contributed by atoms with Gasteiger partial charge in [0.25, 0.3) is 0 Å². The molecule has 2 atom stereocenters. The van der Waals surface area contributed by atoms with Crippen LogP contribution in [0.1, 0.15) is 72.1 Å². The van der Waals surface area contributed by atoms with Gasteiger partial charge in [-0.2, -0.15) is 0 Å². The lowest BCUT2D eigenvalue weighted by atomic mass is 9.83. The molecule has 0 aromatic heterocycles. The second kappa shape index (κ2) is 6.76. The number of nitrogens with two attached hydrogens (primary N) is 1. The molecule has 2 unspecified atom stereocenters. The molecule has 0 aromatic rings. The number of rotatable bonds is 6. The van der Waals surface area contributed by atoms with Crippen molar-refractivity contribution in [2.75, 3.05) is 19.6 Å². The SMILES string of the molecule is CCN(CC1CCC2(CCCCC2)O1)C(C)(CC)CN. The minimum atomic E-state index is 0.125. The highest BCUT2D eigenvalue weighted by atomic mass is 16.5. The lowest BCUT2D eigenvalue weighted by Crippen LogP contribution is -2.53. The zero-order chi connectivity index (χ0) is 14.6. The molecule has 2 aliphatic rings. The van der Waals surface area contributed by atoms with Gasteiger partial charge in [-0.15, -0.1) is 0 Å². The molecule has 2 fully saturated rings. The molecule has 3 nitrogen and oxygen atoms in total. The van der Waals surface area contributed by atoms with Crippen molar-refractivity contribution in [3.63, 3.8) is 0 Å². The highest BCUT2D eigenvalue weighted by Crippen LogP contribution is 2.42. The van der Waals surface area contributed by atoms with Crippen LogP contribution in [0.15, 0.2) is 0 Å². The number of hydrogen-bond donors (Lipinski definition) is 1. The van der Waals surface area contributed by atoms with Crippen LogP contribution in [0.4, 0.5) is 0 Å². The van der Waals surface area contributed by atoms with Gasteiger partial charge in [0.2, 0.25) is 0 Å². The molecule has 0 aromatic carbocycles. The molecule has 2 N–H and O–H groups in total. The Labute approximate surface area is 125 Å². The summed E-state index contributed by atoms with van der Waals surface area (Å²) in [6, 6.07) is 0. The van der Waals surface area contributed by atoms with E-state index in [0.717, 1.165) is 26.1 Å². The minimum absolute atomic E-state index is 0.125. The highest BCUT2D eigenvalue weighted by molar-refractivity contribution is 4.94. The third-order valence-corrected chi connectivity index (χ3v) is 5.87. The van der Waals surface area contributed by atoms with Gasteiger partial charge in [0.15, 0.2) is 0 Å². The fourth-order valence-corrected chi connectivity index (χ4v) is 4.06. The third-order valence-electron chi connectivity index (χ3n) is 5.87. The topological polar surface area (TPSA) is 38.5 Å². The van der Waals surface area contributed by atoms with Gasteiger partial charge in [0.1, 0.15) is 0 Å². The molecule has 1 aliphatic carbocycles. The van der Waals surface area contributed by atoms with Crippen LogP contribution in [-0.2, 0) is 4.74 Å². The first-order valence-corrected chi connectivity index (χ1v) is 8.70. The van der Waals surface area contributed by atoms with Crippen LogP contribution >= 0.6 is 0 Å². The first-order chi connectivity index (χ1) is 9.57. The van der Waals surface area contributed by atoms with E-state index in [9.17, 15) is 0 Å². The Kier molecular flexibility index (Phi) is 5.49. The van der Waals surface area contributed by atoms with Crippen molar-refractivity contribution < 1.29 is 4.74 Å². The zero-order valence-electron chi connectivity index (χ0n) is 13.8. The van der Waals surface area contributed by atoms with Gasteiger partial charge in [-0.3, -0.25) is 4.90 Å². The minimum Gasteiger partial charge on any atom is -0.370 e. The Balaban J connectivity index is 1.92. The first-order valence-electron chi connectivity index (χ1n) is 8.70. The predicted octanol–water partition coefficient (Wildman–Crippen LogP) is 3.32. The summed E-state index contributed by atoms with van der Waals surface area (Å²) in [4.78, 5) is 2.54. The van der Waals surface area contributed by atoms with Crippen LogP contribution in [0.2, 0.25) is 0 Å². The summed E-state index contributed by atoms with van der Waals surface area (Å²) >= 11 is 0. The van der Waals surface area contributed by atoms with Gasteiger partial charge >= 0.3 is 0 Å². The van der Waals surface area contributed by atoms with Crippen molar-refractivity contribution in [1.82, 2.24) is 4.90 Å². The standard InChI is InChI=1S/C17H34N2O/c1-4-16(3,14-18)19(5-2)13-15-9-12-17(20-15)10-7-6-8-11-17/h15H,4-14,18H2,1-3H3. The molecule has 3 heteroatoms. The van der Waals surface area contributed by atoms with E-state index >= 15 is 0 Å². The van der Waals surface area contributed by atoms with Gasteiger partial charge in [0.05, 0.1) is 11.7 Å². The molecule has 0 amide bonds. The summed E-state index contributed by atoms with van der Waals surface area (Å²) in [5.41, 5.74) is 6.39. The van der Waals surface area contributed by atoms with Crippen LogP contribution in [-0.4, -0.2) is 41.8 Å². The molecule has 1 saturated carbocycles. The van der Waals surface area contributed by atoms with Gasteiger partial charge < -0.3 is 10.5 Å². The Bertz CT molecular complexity index is 295. The van der Waals surface area contributed by atoms with Crippen molar-refractivity contribution in [3.8, 4) is 0 Å². The number of nitrogens with zero attached hydrogens (tertiary/aromatic N) is 1. The summed E-state index contributed by atoms with van der Waals surface area (Å²) in [5, 5.41) is 0. The quantitative estimate of drug-likeness (QED) is 0.812. The number of likely N-dealkylation sites (N-methyl/N-ethyl adjacent to an activating group) is 1. The van der Waals surface area contributed by atoms with E-state index in [1.807, 2.05) is 0 Å². The van der Waals surface area contributed by atoms with Gasteiger partial charge in [-0.25, -0.2) is 0 Å². The maximum absolute atomic E-state index is 6.52. The number of hydrogen-bond acceptors (Lipinski definition) is 3.